The summed E-state index contributed by atoms with van der Waals surface area (Å²) < 4.78 is 28.4. The Morgan fingerprint density at radius 3 is 2.57 bits per heavy atom. The zero-order valence-electron chi connectivity index (χ0n) is 15.3. The van der Waals surface area contributed by atoms with Crippen LogP contribution in [0.2, 0.25) is 5.02 Å². The van der Waals surface area contributed by atoms with Gasteiger partial charge in [0.2, 0.25) is 0 Å². The SMILES string of the molecule is CCOc1cc(/C=C/C(=O)OCC(=O)Nc2ccc(F)cc2)cc(Cl)c1OC. The average Bonchev–Trinajstić information content (AvgIpc) is 2.67. The van der Waals surface area contributed by atoms with Gasteiger partial charge in [0, 0.05) is 11.8 Å². The number of halogens is 2. The number of carbonyl (C=O) groups is 2. The van der Waals surface area contributed by atoms with Crippen molar-refractivity contribution in [1.29, 1.82) is 0 Å². The Morgan fingerprint density at radius 1 is 1.21 bits per heavy atom. The average molecular weight is 408 g/mol. The first-order valence-electron chi connectivity index (χ1n) is 8.33. The third kappa shape index (κ3) is 6.28. The van der Waals surface area contributed by atoms with Crippen LogP contribution in [0, 0.1) is 5.82 Å². The van der Waals surface area contributed by atoms with Crippen LogP contribution in [-0.4, -0.2) is 32.2 Å². The van der Waals surface area contributed by atoms with Gasteiger partial charge in [0.25, 0.3) is 5.91 Å². The lowest BCUT2D eigenvalue weighted by molar-refractivity contribution is -0.142. The van der Waals surface area contributed by atoms with E-state index in [0.717, 1.165) is 0 Å². The Kier molecular flexibility index (Phi) is 7.83. The first-order valence-corrected chi connectivity index (χ1v) is 8.71. The van der Waals surface area contributed by atoms with Crippen molar-refractivity contribution in [3.63, 3.8) is 0 Å². The van der Waals surface area contributed by atoms with E-state index in [1.54, 1.807) is 12.1 Å². The van der Waals surface area contributed by atoms with Crippen LogP contribution < -0.4 is 14.8 Å². The van der Waals surface area contributed by atoms with Gasteiger partial charge >= 0.3 is 5.97 Å². The number of methoxy groups -OCH3 is 1. The highest BCUT2D eigenvalue weighted by Gasteiger charge is 2.11. The third-order valence-corrected chi connectivity index (χ3v) is 3.70. The van der Waals surface area contributed by atoms with E-state index in [9.17, 15) is 14.0 Å². The number of hydrogen-bond acceptors (Lipinski definition) is 5. The van der Waals surface area contributed by atoms with Crippen molar-refractivity contribution in [2.24, 2.45) is 0 Å². The first-order chi connectivity index (χ1) is 13.4. The van der Waals surface area contributed by atoms with Crippen LogP contribution in [-0.2, 0) is 14.3 Å². The van der Waals surface area contributed by atoms with Crippen LogP contribution in [0.25, 0.3) is 6.08 Å². The Labute approximate surface area is 166 Å². The van der Waals surface area contributed by atoms with E-state index in [4.69, 9.17) is 25.8 Å². The van der Waals surface area contributed by atoms with Crippen molar-refractivity contribution in [1.82, 2.24) is 0 Å². The van der Waals surface area contributed by atoms with Crippen molar-refractivity contribution >= 4 is 35.2 Å². The monoisotopic (exact) mass is 407 g/mol. The van der Waals surface area contributed by atoms with Crippen LogP contribution in [0.15, 0.2) is 42.5 Å². The molecule has 148 valence electrons. The highest BCUT2D eigenvalue weighted by Crippen LogP contribution is 2.36. The maximum atomic E-state index is 12.8. The Hall–Kier alpha value is -3.06. The van der Waals surface area contributed by atoms with Crippen LogP contribution >= 0.6 is 11.6 Å². The van der Waals surface area contributed by atoms with Crippen LogP contribution in [0.1, 0.15) is 12.5 Å². The van der Waals surface area contributed by atoms with Crippen molar-refractivity contribution in [3.05, 3.63) is 58.9 Å². The number of hydrogen-bond donors (Lipinski definition) is 1. The van der Waals surface area contributed by atoms with Gasteiger partial charge in [0.15, 0.2) is 18.1 Å². The number of carbonyl (C=O) groups excluding carboxylic acids is 2. The van der Waals surface area contributed by atoms with Crippen molar-refractivity contribution in [2.75, 3.05) is 25.6 Å². The van der Waals surface area contributed by atoms with Gasteiger partial charge in [-0.3, -0.25) is 4.79 Å². The molecule has 1 N–H and O–H groups in total. The fourth-order valence-electron chi connectivity index (χ4n) is 2.22. The molecule has 0 atom stereocenters. The molecule has 2 aromatic rings. The van der Waals surface area contributed by atoms with E-state index < -0.39 is 24.3 Å². The van der Waals surface area contributed by atoms with Gasteiger partial charge in [-0.25, -0.2) is 9.18 Å². The number of ether oxygens (including phenoxy) is 3. The molecule has 1 amide bonds. The molecule has 0 radical (unpaired) electrons. The summed E-state index contributed by atoms with van der Waals surface area (Å²) in [5, 5.41) is 2.82. The van der Waals surface area contributed by atoms with Gasteiger partial charge in [-0.05, 0) is 55.0 Å². The molecule has 0 aliphatic heterocycles. The van der Waals surface area contributed by atoms with Gasteiger partial charge < -0.3 is 19.5 Å². The minimum atomic E-state index is -0.709. The predicted octanol–water partition coefficient (Wildman–Crippen LogP) is 4.08. The number of esters is 1. The van der Waals surface area contributed by atoms with E-state index in [-0.39, 0.29) is 0 Å². The third-order valence-electron chi connectivity index (χ3n) is 3.42. The van der Waals surface area contributed by atoms with E-state index in [0.29, 0.717) is 34.4 Å². The van der Waals surface area contributed by atoms with Crippen LogP contribution in [0.5, 0.6) is 11.5 Å². The van der Waals surface area contributed by atoms with E-state index in [2.05, 4.69) is 5.32 Å². The van der Waals surface area contributed by atoms with Gasteiger partial charge in [0.1, 0.15) is 5.82 Å². The zero-order chi connectivity index (χ0) is 20.5. The lowest BCUT2D eigenvalue weighted by Crippen LogP contribution is -2.20. The molecule has 8 heteroatoms. The second-order valence-corrected chi connectivity index (χ2v) is 5.87. The lowest BCUT2D eigenvalue weighted by Gasteiger charge is -2.11. The molecule has 0 aromatic heterocycles. The number of rotatable bonds is 8. The normalized spacial score (nSPS) is 10.6. The Morgan fingerprint density at radius 2 is 1.93 bits per heavy atom. The van der Waals surface area contributed by atoms with E-state index >= 15 is 0 Å². The van der Waals surface area contributed by atoms with Crippen LogP contribution in [0.4, 0.5) is 10.1 Å². The topological polar surface area (TPSA) is 73.9 Å². The van der Waals surface area contributed by atoms with Crippen molar-refractivity contribution in [3.8, 4) is 11.5 Å². The molecule has 0 saturated carbocycles. The minimum absolute atomic E-state index is 0.333. The summed E-state index contributed by atoms with van der Waals surface area (Å²) in [6.45, 7) is 1.77. The number of amides is 1. The van der Waals surface area contributed by atoms with Crippen LogP contribution in [0.3, 0.4) is 0 Å². The lowest BCUT2D eigenvalue weighted by atomic mass is 10.2. The molecule has 0 aliphatic carbocycles. The summed E-state index contributed by atoms with van der Waals surface area (Å²) in [4.78, 5) is 23.6. The maximum Gasteiger partial charge on any atom is 0.331 e. The van der Waals surface area contributed by atoms with Crippen molar-refractivity contribution < 1.29 is 28.2 Å². The fourth-order valence-corrected chi connectivity index (χ4v) is 2.52. The largest absolute Gasteiger partial charge is 0.491 e. The summed E-state index contributed by atoms with van der Waals surface area (Å²) in [5.74, 6) is -0.816. The van der Waals surface area contributed by atoms with Gasteiger partial charge in [-0.1, -0.05) is 11.6 Å². The summed E-state index contributed by atoms with van der Waals surface area (Å²) in [5.41, 5.74) is 0.997. The van der Waals surface area contributed by atoms with E-state index in [1.807, 2.05) is 6.92 Å². The molecular formula is C20H19ClFNO5. The van der Waals surface area contributed by atoms with E-state index in [1.165, 1.54) is 43.5 Å². The quantitative estimate of drug-likeness (QED) is 0.527. The molecule has 0 fully saturated rings. The van der Waals surface area contributed by atoms with Gasteiger partial charge in [-0.15, -0.1) is 0 Å². The smallest absolute Gasteiger partial charge is 0.331 e. The molecular weight excluding hydrogens is 389 g/mol. The van der Waals surface area contributed by atoms with Gasteiger partial charge in [0.05, 0.1) is 18.7 Å². The molecule has 2 aromatic carbocycles. The molecule has 0 saturated heterocycles. The van der Waals surface area contributed by atoms with Gasteiger partial charge in [-0.2, -0.15) is 0 Å². The Bertz CT molecular complexity index is 868. The number of benzene rings is 2. The highest BCUT2D eigenvalue weighted by atomic mass is 35.5. The standard InChI is InChI=1S/C20H19ClFNO5/c1-3-27-17-11-13(10-16(21)20(17)26-2)4-9-19(25)28-12-18(24)23-15-7-5-14(22)6-8-15/h4-11H,3,12H2,1-2H3,(H,23,24)/b9-4+. The number of anilines is 1. The molecule has 0 unspecified atom stereocenters. The fraction of sp³-hybridized carbons (Fsp3) is 0.200. The Balaban J connectivity index is 1.92. The molecule has 2 rings (SSSR count). The van der Waals surface area contributed by atoms with Crippen molar-refractivity contribution in [2.45, 2.75) is 6.92 Å². The summed E-state index contributed by atoms with van der Waals surface area (Å²) in [6.07, 6.45) is 2.65. The second-order valence-electron chi connectivity index (χ2n) is 5.46. The maximum absolute atomic E-state index is 12.8. The minimum Gasteiger partial charge on any atom is -0.491 e. The zero-order valence-corrected chi connectivity index (χ0v) is 16.1. The summed E-state index contributed by atoms with van der Waals surface area (Å²) >= 11 is 6.14. The molecule has 0 bridgehead atoms. The summed E-state index contributed by atoms with van der Waals surface area (Å²) in [7, 11) is 1.48. The first kappa shape index (κ1) is 21.2. The number of nitrogens with one attached hydrogen (secondary N) is 1. The highest BCUT2D eigenvalue weighted by molar-refractivity contribution is 6.32. The summed E-state index contributed by atoms with van der Waals surface area (Å²) in [6, 6.07) is 8.49. The molecule has 6 nitrogen and oxygen atoms in total. The molecule has 0 spiro atoms. The molecule has 28 heavy (non-hydrogen) atoms. The second kappa shape index (κ2) is 10.3. The molecule has 0 heterocycles. The molecule has 0 aliphatic rings. The predicted molar refractivity (Wildman–Crippen MR) is 104 cm³/mol.